The number of halogens is 3. The van der Waals surface area contributed by atoms with E-state index in [4.69, 9.17) is 5.84 Å². The zero-order valence-corrected chi connectivity index (χ0v) is 8.18. The Bertz CT molecular complexity index is 224. The Morgan fingerprint density at radius 1 is 1.40 bits per heavy atom. The van der Waals surface area contributed by atoms with Crippen LogP contribution in [0.1, 0.15) is 12.8 Å². The Kier molecular flexibility index (Phi) is 3.92. The van der Waals surface area contributed by atoms with Crippen molar-refractivity contribution in [3.63, 3.8) is 0 Å². The molecule has 0 unspecified atom stereocenters. The zero-order valence-electron chi connectivity index (χ0n) is 8.18. The molecule has 0 aromatic heterocycles. The third-order valence-corrected chi connectivity index (χ3v) is 2.58. The molecule has 4 nitrogen and oxygen atoms in total. The lowest BCUT2D eigenvalue weighted by Crippen LogP contribution is -2.45. The molecular weight excluding hydrogens is 211 g/mol. The lowest BCUT2D eigenvalue weighted by molar-refractivity contribution is -0.185. The Morgan fingerprint density at radius 3 is 2.33 bits per heavy atom. The summed E-state index contributed by atoms with van der Waals surface area (Å²) in [6.45, 7) is 0.649. The van der Waals surface area contributed by atoms with Gasteiger partial charge < -0.3 is 0 Å². The summed E-state index contributed by atoms with van der Waals surface area (Å²) in [7, 11) is 0. The number of rotatable bonds is 2. The maximum atomic E-state index is 12.3. The van der Waals surface area contributed by atoms with Crippen LogP contribution in [0.4, 0.5) is 13.2 Å². The molecular formula is C8H14F3N3O. The first-order valence-electron chi connectivity index (χ1n) is 4.72. The number of nitrogens with zero attached hydrogens (tertiary/aromatic N) is 1. The van der Waals surface area contributed by atoms with E-state index in [2.05, 4.69) is 0 Å². The van der Waals surface area contributed by atoms with Crippen molar-refractivity contribution in [1.82, 2.24) is 10.3 Å². The molecule has 0 atom stereocenters. The van der Waals surface area contributed by atoms with Crippen LogP contribution in [-0.2, 0) is 4.79 Å². The number of nitrogens with one attached hydrogen (secondary N) is 1. The predicted octanol–water partition coefficient (Wildman–Crippen LogP) is 0.251. The number of carbonyl (C=O) groups excluding carboxylic acids is 1. The summed E-state index contributed by atoms with van der Waals surface area (Å²) < 4.78 is 36.8. The van der Waals surface area contributed by atoms with Gasteiger partial charge in [-0.15, -0.1) is 0 Å². The van der Waals surface area contributed by atoms with E-state index in [1.807, 2.05) is 5.43 Å². The van der Waals surface area contributed by atoms with Gasteiger partial charge in [-0.3, -0.25) is 15.1 Å². The monoisotopic (exact) mass is 225 g/mol. The van der Waals surface area contributed by atoms with Crippen molar-refractivity contribution in [1.29, 1.82) is 0 Å². The topological polar surface area (TPSA) is 58.4 Å². The van der Waals surface area contributed by atoms with Crippen LogP contribution in [0.25, 0.3) is 0 Å². The maximum Gasteiger partial charge on any atom is 0.391 e. The smallest absolute Gasteiger partial charge is 0.294 e. The first kappa shape index (κ1) is 12.3. The lowest BCUT2D eigenvalue weighted by Gasteiger charge is -2.32. The summed E-state index contributed by atoms with van der Waals surface area (Å²) in [5.74, 6) is 3.28. The predicted molar refractivity (Wildman–Crippen MR) is 47.5 cm³/mol. The SMILES string of the molecule is NNC(=O)CN1CCC(C(F)(F)F)CC1. The van der Waals surface area contributed by atoms with Crippen molar-refractivity contribution >= 4 is 5.91 Å². The third-order valence-electron chi connectivity index (χ3n) is 2.58. The highest BCUT2D eigenvalue weighted by Gasteiger charge is 2.41. The Morgan fingerprint density at radius 2 is 1.93 bits per heavy atom. The van der Waals surface area contributed by atoms with Gasteiger partial charge in [0.2, 0.25) is 5.91 Å². The summed E-state index contributed by atoms with van der Waals surface area (Å²) in [6, 6.07) is 0. The average Bonchev–Trinajstić information content (AvgIpc) is 2.17. The van der Waals surface area contributed by atoms with Crippen molar-refractivity contribution < 1.29 is 18.0 Å². The largest absolute Gasteiger partial charge is 0.391 e. The number of hydrogen-bond acceptors (Lipinski definition) is 3. The second kappa shape index (κ2) is 4.80. The molecule has 1 rings (SSSR count). The lowest BCUT2D eigenvalue weighted by atomic mass is 9.96. The molecule has 1 heterocycles. The number of piperidine rings is 1. The molecule has 1 fully saturated rings. The highest BCUT2D eigenvalue weighted by atomic mass is 19.4. The second-order valence-corrected chi connectivity index (χ2v) is 3.66. The van der Waals surface area contributed by atoms with Crippen molar-refractivity contribution in [3.8, 4) is 0 Å². The first-order chi connectivity index (χ1) is 6.93. The molecule has 3 N–H and O–H groups in total. The van der Waals surface area contributed by atoms with Crippen LogP contribution >= 0.6 is 0 Å². The van der Waals surface area contributed by atoms with Crippen LogP contribution in [0.15, 0.2) is 0 Å². The molecule has 0 radical (unpaired) electrons. The van der Waals surface area contributed by atoms with Gasteiger partial charge in [0.1, 0.15) is 0 Å². The molecule has 0 aromatic carbocycles. The highest BCUT2D eigenvalue weighted by molar-refractivity contribution is 5.77. The average molecular weight is 225 g/mol. The van der Waals surface area contributed by atoms with Crippen LogP contribution in [0.3, 0.4) is 0 Å². The number of amides is 1. The van der Waals surface area contributed by atoms with Crippen LogP contribution in [0.2, 0.25) is 0 Å². The molecule has 0 aromatic rings. The zero-order chi connectivity index (χ0) is 11.5. The summed E-state index contributed by atoms with van der Waals surface area (Å²) in [4.78, 5) is 12.5. The van der Waals surface area contributed by atoms with E-state index in [1.54, 1.807) is 4.90 Å². The molecule has 15 heavy (non-hydrogen) atoms. The van der Waals surface area contributed by atoms with Gasteiger partial charge in [-0.25, -0.2) is 5.84 Å². The minimum Gasteiger partial charge on any atom is -0.294 e. The normalized spacial score (nSPS) is 20.3. The third kappa shape index (κ3) is 3.67. The number of likely N-dealkylation sites (tertiary alicyclic amines) is 1. The minimum absolute atomic E-state index is 0.0569. The van der Waals surface area contributed by atoms with Gasteiger partial charge in [0.05, 0.1) is 12.5 Å². The first-order valence-corrected chi connectivity index (χ1v) is 4.72. The number of nitrogens with two attached hydrogens (primary N) is 1. The van der Waals surface area contributed by atoms with Crippen LogP contribution < -0.4 is 11.3 Å². The van der Waals surface area contributed by atoms with Gasteiger partial charge in [0, 0.05) is 0 Å². The van der Waals surface area contributed by atoms with Crippen LogP contribution in [0.5, 0.6) is 0 Å². The van der Waals surface area contributed by atoms with Gasteiger partial charge in [-0.1, -0.05) is 0 Å². The summed E-state index contributed by atoms with van der Waals surface area (Å²) in [6.07, 6.45) is -4.00. The standard InChI is InChI=1S/C8H14F3N3O/c9-8(10,11)6-1-3-14(4-2-6)5-7(15)13-12/h6H,1-5,12H2,(H,13,15). The molecule has 88 valence electrons. The van der Waals surface area contributed by atoms with Crippen molar-refractivity contribution in [2.75, 3.05) is 19.6 Å². The summed E-state index contributed by atoms with van der Waals surface area (Å²) in [5, 5.41) is 0. The summed E-state index contributed by atoms with van der Waals surface area (Å²) >= 11 is 0. The molecule has 7 heteroatoms. The molecule has 1 saturated heterocycles. The molecule has 0 aliphatic carbocycles. The van der Waals surface area contributed by atoms with Gasteiger partial charge >= 0.3 is 6.18 Å². The van der Waals surface area contributed by atoms with Crippen LogP contribution in [0, 0.1) is 5.92 Å². The van der Waals surface area contributed by atoms with E-state index in [0.29, 0.717) is 0 Å². The Hall–Kier alpha value is -0.820. The fraction of sp³-hybridized carbons (Fsp3) is 0.875. The number of carbonyl (C=O) groups is 1. The highest BCUT2D eigenvalue weighted by Crippen LogP contribution is 2.33. The number of hydrogen-bond donors (Lipinski definition) is 2. The quantitative estimate of drug-likeness (QED) is 0.402. The maximum absolute atomic E-state index is 12.3. The van der Waals surface area contributed by atoms with Crippen molar-refractivity contribution in [2.24, 2.45) is 11.8 Å². The van der Waals surface area contributed by atoms with E-state index >= 15 is 0 Å². The van der Waals surface area contributed by atoms with Gasteiger partial charge in [-0.05, 0) is 25.9 Å². The number of hydrazine groups is 1. The second-order valence-electron chi connectivity index (χ2n) is 3.66. The molecule has 1 aliphatic rings. The van der Waals surface area contributed by atoms with Crippen LogP contribution in [-0.4, -0.2) is 36.6 Å². The molecule has 0 saturated carbocycles. The molecule has 0 spiro atoms. The molecule has 0 bridgehead atoms. The fourth-order valence-corrected chi connectivity index (χ4v) is 1.67. The van der Waals surface area contributed by atoms with E-state index < -0.39 is 12.1 Å². The van der Waals surface area contributed by atoms with E-state index in [1.165, 1.54) is 0 Å². The van der Waals surface area contributed by atoms with E-state index in [9.17, 15) is 18.0 Å². The number of alkyl halides is 3. The minimum atomic E-state index is -4.11. The van der Waals surface area contributed by atoms with Crippen molar-refractivity contribution in [3.05, 3.63) is 0 Å². The van der Waals surface area contributed by atoms with Gasteiger partial charge in [0.25, 0.3) is 0 Å². The van der Waals surface area contributed by atoms with Gasteiger partial charge in [-0.2, -0.15) is 13.2 Å². The van der Waals surface area contributed by atoms with E-state index in [-0.39, 0.29) is 38.4 Å². The van der Waals surface area contributed by atoms with Crippen molar-refractivity contribution in [2.45, 2.75) is 19.0 Å². The fourth-order valence-electron chi connectivity index (χ4n) is 1.67. The Labute approximate surface area is 85.6 Å². The summed E-state index contributed by atoms with van der Waals surface area (Å²) in [5.41, 5.74) is 1.95. The molecule has 1 aliphatic heterocycles. The molecule has 1 amide bonds. The van der Waals surface area contributed by atoms with Gasteiger partial charge in [0.15, 0.2) is 0 Å². The van der Waals surface area contributed by atoms with E-state index in [0.717, 1.165) is 0 Å². The Balaban J connectivity index is 2.33.